The molecule has 1 aliphatic rings. The van der Waals surface area contributed by atoms with Crippen molar-refractivity contribution in [1.29, 1.82) is 0 Å². The van der Waals surface area contributed by atoms with Crippen molar-refractivity contribution in [1.82, 2.24) is 0 Å². The van der Waals surface area contributed by atoms with E-state index < -0.39 is 0 Å². The van der Waals surface area contributed by atoms with Crippen LogP contribution in [0.2, 0.25) is 0 Å². The van der Waals surface area contributed by atoms with E-state index in [9.17, 15) is 0 Å². The number of hydrogen-bond acceptors (Lipinski definition) is 1. The molecule has 0 aliphatic heterocycles. The van der Waals surface area contributed by atoms with Crippen LogP contribution in [0.15, 0.2) is 29.0 Å². The van der Waals surface area contributed by atoms with Crippen molar-refractivity contribution < 1.29 is 5.11 Å². The first kappa shape index (κ1) is 14.3. The number of rotatable bonds is 4. The molecule has 0 heterocycles. The monoisotopic (exact) mass is 234 g/mol. The van der Waals surface area contributed by atoms with Crippen LogP contribution in [0.3, 0.4) is 0 Å². The standard InChI is InChI=1S/C16H26O/c1-13(7-6-12-17)9-10-15-14(2)8-5-11-16(15,3)4/h6,8,15,17H,5,9-12H2,1-4H3/t7?,15-/m0/s1. The highest BCUT2D eigenvalue weighted by Gasteiger charge is 2.32. The minimum Gasteiger partial charge on any atom is -0.392 e. The molecule has 0 aromatic rings. The van der Waals surface area contributed by atoms with Crippen molar-refractivity contribution in [3.8, 4) is 0 Å². The predicted octanol–water partition coefficient (Wildman–Crippen LogP) is 4.24. The first-order valence-corrected chi connectivity index (χ1v) is 6.65. The van der Waals surface area contributed by atoms with Crippen molar-refractivity contribution in [3.05, 3.63) is 29.0 Å². The summed E-state index contributed by atoms with van der Waals surface area (Å²) >= 11 is 0. The van der Waals surface area contributed by atoms with Gasteiger partial charge in [0, 0.05) is 0 Å². The van der Waals surface area contributed by atoms with Gasteiger partial charge in [0.2, 0.25) is 0 Å². The van der Waals surface area contributed by atoms with E-state index in [0.29, 0.717) is 11.3 Å². The van der Waals surface area contributed by atoms with Gasteiger partial charge in [0.15, 0.2) is 0 Å². The maximum atomic E-state index is 8.72. The lowest BCUT2D eigenvalue weighted by Gasteiger charge is -2.38. The molecule has 17 heavy (non-hydrogen) atoms. The van der Waals surface area contributed by atoms with Crippen LogP contribution >= 0.6 is 0 Å². The summed E-state index contributed by atoms with van der Waals surface area (Å²) in [7, 11) is 0. The highest BCUT2D eigenvalue weighted by Crippen LogP contribution is 2.43. The van der Waals surface area contributed by atoms with Crippen LogP contribution in [0.5, 0.6) is 0 Å². The Morgan fingerprint density at radius 1 is 1.59 bits per heavy atom. The largest absolute Gasteiger partial charge is 0.392 e. The molecule has 1 heteroatoms. The smallest absolute Gasteiger partial charge is 0.0686 e. The quantitative estimate of drug-likeness (QED) is 0.569. The normalized spacial score (nSPS) is 22.6. The molecule has 1 rings (SSSR count). The Labute approximate surface area is 106 Å². The third kappa shape index (κ3) is 4.18. The summed E-state index contributed by atoms with van der Waals surface area (Å²) in [5, 5.41) is 8.72. The van der Waals surface area contributed by atoms with Gasteiger partial charge in [-0.2, -0.15) is 0 Å². The lowest BCUT2D eigenvalue weighted by Crippen LogP contribution is -2.27. The van der Waals surface area contributed by atoms with Crippen LogP contribution < -0.4 is 0 Å². The fourth-order valence-corrected chi connectivity index (χ4v) is 2.88. The van der Waals surface area contributed by atoms with Gasteiger partial charge in [-0.1, -0.05) is 25.5 Å². The van der Waals surface area contributed by atoms with Crippen molar-refractivity contribution in [2.75, 3.05) is 6.61 Å². The average Bonchev–Trinajstić information content (AvgIpc) is 2.24. The van der Waals surface area contributed by atoms with E-state index in [1.165, 1.54) is 24.8 Å². The molecule has 1 nitrogen and oxygen atoms in total. The minimum atomic E-state index is 0.0885. The Hall–Kier alpha value is -0.780. The van der Waals surface area contributed by atoms with Gasteiger partial charge in [0.05, 0.1) is 6.61 Å². The fraction of sp³-hybridized carbons (Fsp3) is 0.688. The highest BCUT2D eigenvalue weighted by molar-refractivity contribution is 5.13. The summed E-state index contributed by atoms with van der Waals surface area (Å²) < 4.78 is 0. The second kappa shape index (κ2) is 6.23. The van der Waals surface area contributed by atoms with E-state index in [4.69, 9.17) is 5.11 Å². The average molecular weight is 234 g/mol. The first-order chi connectivity index (χ1) is 7.97. The van der Waals surface area contributed by atoms with E-state index >= 15 is 0 Å². The van der Waals surface area contributed by atoms with Gasteiger partial charge < -0.3 is 5.11 Å². The van der Waals surface area contributed by atoms with Gasteiger partial charge in [-0.25, -0.2) is 0 Å². The summed E-state index contributed by atoms with van der Waals surface area (Å²) in [6.07, 6.45) is 8.91. The minimum absolute atomic E-state index is 0.0885. The van der Waals surface area contributed by atoms with E-state index in [1.807, 2.05) is 0 Å². The maximum Gasteiger partial charge on any atom is 0.0686 e. The summed E-state index contributed by atoms with van der Waals surface area (Å²) in [6, 6.07) is 0. The van der Waals surface area contributed by atoms with Crippen LogP contribution in [0, 0.1) is 11.3 Å². The molecule has 96 valence electrons. The SMILES string of the molecule is CC(=C=CCO)CC[C@H]1C(C)=CCCC1(C)C. The van der Waals surface area contributed by atoms with Crippen molar-refractivity contribution in [3.63, 3.8) is 0 Å². The molecule has 0 radical (unpaired) electrons. The van der Waals surface area contributed by atoms with Crippen LogP contribution in [0.4, 0.5) is 0 Å². The molecule has 1 N–H and O–H groups in total. The molecule has 1 atom stereocenters. The van der Waals surface area contributed by atoms with Gasteiger partial charge in [0.1, 0.15) is 0 Å². The van der Waals surface area contributed by atoms with Gasteiger partial charge >= 0.3 is 0 Å². The first-order valence-electron chi connectivity index (χ1n) is 6.65. The fourth-order valence-electron chi connectivity index (χ4n) is 2.88. The molecule has 0 aromatic carbocycles. The van der Waals surface area contributed by atoms with Crippen LogP contribution in [0.25, 0.3) is 0 Å². The van der Waals surface area contributed by atoms with E-state index in [0.717, 1.165) is 6.42 Å². The number of hydrogen-bond donors (Lipinski definition) is 1. The molecular formula is C16H26O. The summed E-state index contributed by atoms with van der Waals surface area (Å²) in [4.78, 5) is 0. The lowest BCUT2D eigenvalue weighted by atomic mass is 9.67. The van der Waals surface area contributed by atoms with Crippen LogP contribution in [0.1, 0.15) is 53.4 Å². The molecule has 1 aliphatic carbocycles. The molecule has 0 saturated carbocycles. The zero-order chi connectivity index (χ0) is 12.9. The Kier molecular flexibility index (Phi) is 5.24. The zero-order valence-electron chi connectivity index (χ0n) is 11.7. The van der Waals surface area contributed by atoms with E-state index in [-0.39, 0.29) is 6.61 Å². The molecular weight excluding hydrogens is 208 g/mol. The van der Waals surface area contributed by atoms with Gasteiger partial charge in [-0.15, -0.1) is 5.73 Å². The molecule has 0 spiro atoms. The number of aliphatic hydroxyl groups excluding tert-OH is 1. The van der Waals surface area contributed by atoms with Crippen LogP contribution in [-0.4, -0.2) is 11.7 Å². The molecule has 0 amide bonds. The Balaban J connectivity index is 2.64. The predicted molar refractivity (Wildman–Crippen MR) is 73.9 cm³/mol. The lowest BCUT2D eigenvalue weighted by molar-refractivity contribution is 0.204. The Morgan fingerprint density at radius 2 is 2.29 bits per heavy atom. The van der Waals surface area contributed by atoms with Crippen molar-refractivity contribution in [2.45, 2.75) is 53.4 Å². The number of aliphatic hydroxyl groups is 1. The summed E-state index contributed by atoms with van der Waals surface area (Å²) in [5.41, 5.74) is 6.37. The second-order valence-electron chi connectivity index (χ2n) is 5.88. The molecule has 0 fully saturated rings. The topological polar surface area (TPSA) is 20.2 Å². The number of allylic oxidation sites excluding steroid dienone is 2. The van der Waals surface area contributed by atoms with Crippen molar-refractivity contribution >= 4 is 0 Å². The van der Waals surface area contributed by atoms with E-state index in [1.54, 1.807) is 11.6 Å². The zero-order valence-corrected chi connectivity index (χ0v) is 11.7. The molecule has 0 aromatic heterocycles. The van der Waals surface area contributed by atoms with Crippen molar-refractivity contribution in [2.24, 2.45) is 11.3 Å². The van der Waals surface area contributed by atoms with Crippen LogP contribution in [-0.2, 0) is 0 Å². The maximum absolute atomic E-state index is 8.72. The third-order valence-electron chi connectivity index (χ3n) is 4.00. The molecule has 0 bridgehead atoms. The molecule has 0 unspecified atom stereocenters. The van der Waals surface area contributed by atoms with Gasteiger partial charge in [0.25, 0.3) is 0 Å². The highest BCUT2D eigenvalue weighted by atomic mass is 16.2. The van der Waals surface area contributed by atoms with Gasteiger partial charge in [-0.05, 0) is 62.5 Å². The summed E-state index contributed by atoms with van der Waals surface area (Å²) in [6.45, 7) is 9.23. The van der Waals surface area contributed by atoms with Gasteiger partial charge in [-0.3, -0.25) is 0 Å². The molecule has 0 saturated heterocycles. The Bertz CT molecular complexity index is 341. The Morgan fingerprint density at radius 3 is 2.88 bits per heavy atom. The third-order valence-corrected chi connectivity index (χ3v) is 4.00. The second-order valence-corrected chi connectivity index (χ2v) is 5.88. The summed E-state index contributed by atoms with van der Waals surface area (Å²) in [5.74, 6) is 0.696. The van der Waals surface area contributed by atoms with E-state index in [2.05, 4.69) is 39.5 Å².